The first-order valence-corrected chi connectivity index (χ1v) is 7.80. The minimum absolute atomic E-state index is 0.175. The Labute approximate surface area is 151 Å². The van der Waals surface area contributed by atoms with Crippen LogP contribution < -0.4 is 15.2 Å². The average Bonchev–Trinajstić information content (AvgIpc) is 2.59. The Balaban J connectivity index is 2.29. The number of rotatable bonds is 6. The summed E-state index contributed by atoms with van der Waals surface area (Å²) in [6, 6.07) is 12.9. The Kier molecular flexibility index (Phi) is 6.04. The van der Waals surface area contributed by atoms with Gasteiger partial charge in [0.05, 0.1) is 12.1 Å². The zero-order valence-corrected chi connectivity index (χ0v) is 14.6. The lowest BCUT2D eigenvalue weighted by Gasteiger charge is -2.13. The lowest BCUT2D eigenvalue weighted by atomic mass is 10.1. The number of carbonyl (C=O) groups is 1. The number of halogens is 1. The standard InChI is InChI=1S/C19H17ClN2O3/c1-12-3-5-13(6-4-12)11-25-18-16(20)8-14(9-17(18)24-2)7-15(10-21)19(22)23/h3-9H,11H2,1-2H3,(H2,22,23)/b15-7-. The molecule has 0 aliphatic heterocycles. The number of nitriles is 1. The predicted molar refractivity (Wildman–Crippen MR) is 96.3 cm³/mol. The highest BCUT2D eigenvalue weighted by Gasteiger charge is 2.13. The van der Waals surface area contributed by atoms with Crippen LogP contribution in [-0.4, -0.2) is 13.0 Å². The quantitative estimate of drug-likeness (QED) is 0.632. The smallest absolute Gasteiger partial charge is 0.259 e. The van der Waals surface area contributed by atoms with Crippen molar-refractivity contribution in [2.45, 2.75) is 13.5 Å². The molecule has 0 aromatic heterocycles. The topological polar surface area (TPSA) is 85.3 Å². The molecule has 2 rings (SSSR count). The molecule has 0 aliphatic rings. The molecule has 0 saturated heterocycles. The number of nitrogens with zero attached hydrogens (tertiary/aromatic N) is 1. The molecule has 2 aromatic rings. The molecule has 0 fully saturated rings. The normalized spacial score (nSPS) is 10.9. The van der Waals surface area contributed by atoms with Crippen LogP contribution in [0.15, 0.2) is 42.0 Å². The first-order valence-electron chi connectivity index (χ1n) is 7.42. The molecule has 0 unspecified atom stereocenters. The fourth-order valence-corrected chi connectivity index (χ4v) is 2.40. The molecule has 0 atom stereocenters. The molecule has 1 amide bonds. The average molecular weight is 357 g/mol. The van der Waals surface area contributed by atoms with Crippen molar-refractivity contribution in [2.75, 3.05) is 7.11 Å². The number of amides is 1. The van der Waals surface area contributed by atoms with E-state index in [1.54, 1.807) is 18.2 Å². The van der Waals surface area contributed by atoms with Crippen LogP contribution in [0.2, 0.25) is 5.02 Å². The fraction of sp³-hybridized carbons (Fsp3) is 0.158. The Morgan fingerprint density at radius 3 is 2.56 bits per heavy atom. The molecule has 25 heavy (non-hydrogen) atoms. The van der Waals surface area contributed by atoms with Crippen molar-refractivity contribution in [3.63, 3.8) is 0 Å². The van der Waals surface area contributed by atoms with Gasteiger partial charge in [0.15, 0.2) is 11.5 Å². The van der Waals surface area contributed by atoms with E-state index in [4.69, 9.17) is 32.1 Å². The van der Waals surface area contributed by atoms with E-state index < -0.39 is 5.91 Å². The van der Waals surface area contributed by atoms with Gasteiger partial charge in [0.25, 0.3) is 5.91 Å². The third-order valence-corrected chi connectivity index (χ3v) is 3.73. The van der Waals surface area contributed by atoms with Crippen LogP contribution in [0, 0.1) is 18.3 Å². The summed E-state index contributed by atoms with van der Waals surface area (Å²) in [4.78, 5) is 11.2. The second kappa shape index (κ2) is 8.22. The van der Waals surface area contributed by atoms with Gasteiger partial charge in [-0.3, -0.25) is 4.79 Å². The number of primary amides is 1. The third kappa shape index (κ3) is 4.75. The highest BCUT2D eigenvalue weighted by molar-refractivity contribution is 6.32. The van der Waals surface area contributed by atoms with Crippen molar-refractivity contribution in [3.8, 4) is 17.6 Å². The van der Waals surface area contributed by atoms with E-state index in [1.165, 1.54) is 18.7 Å². The molecule has 0 bridgehead atoms. The van der Waals surface area contributed by atoms with Crippen LogP contribution in [0.4, 0.5) is 0 Å². The van der Waals surface area contributed by atoms with E-state index in [-0.39, 0.29) is 5.57 Å². The van der Waals surface area contributed by atoms with Gasteiger partial charge in [-0.25, -0.2) is 0 Å². The van der Waals surface area contributed by atoms with Crippen molar-refractivity contribution >= 4 is 23.6 Å². The van der Waals surface area contributed by atoms with Gasteiger partial charge in [0, 0.05) is 0 Å². The molecule has 128 valence electrons. The molecular weight excluding hydrogens is 340 g/mol. The highest BCUT2D eigenvalue weighted by atomic mass is 35.5. The first kappa shape index (κ1) is 18.4. The summed E-state index contributed by atoms with van der Waals surface area (Å²) in [7, 11) is 1.48. The molecule has 0 saturated carbocycles. The first-order chi connectivity index (χ1) is 11.9. The lowest BCUT2D eigenvalue weighted by molar-refractivity contribution is -0.114. The van der Waals surface area contributed by atoms with Crippen molar-refractivity contribution < 1.29 is 14.3 Å². The van der Waals surface area contributed by atoms with Crippen LogP contribution in [-0.2, 0) is 11.4 Å². The van der Waals surface area contributed by atoms with E-state index in [2.05, 4.69) is 0 Å². The summed E-state index contributed by atoms with van der Waals surface area (Å²) in [6.45, 7) is 2.34. The molecule has 6 heteroatoms. The molecular formula is C19H17ClN2O3. The number of hydrogen-bond donors (Lipinski definition) is 1. The summed E-state index contributed by atoms with van der Waals surface area (Å²) >= 11 is 6.28. The Morgan fingerprint density at radius 2 is 2.00 bits per heavy atom. The molecule has 0 radical (unpaired) electrons. The monoisotopic (exact) mass is 356 g/mol. The van der Waals surface area contributed by atoms with E-state index in [9.17, 15) is 4.79 Å². The number of carbonyl (C=O) groups excluding carboxylic acids is 1. The molecule has 0 spiro atoms. The Bertz CT molecular complexity index is 852. The van der Waals surface area contributed by atoms with Crippen LogP contribution in [0.1, 0.15) is 16.7 Å². The van der Waals surface area contributed by atoms with E-state index in [0.717, 1.165) is 5.56 Å². The number of aryl methyl sites for hydroxylation is 1. The van der Waals surface area contributed by atoms with E-state index >= 15 is 0 Å². The largest absolute Gasteiger partial charge is 0.493 e. The van der Waals surface area contributed by atoms with Gasteiger partial charge in [0.2, 0.25) is 0 Å². The number of hydrogen-bond acceptors (Lipinski definition) is 4. The van der Waals surface area contributed by atoms with Crippen molar-refractivity contribution in [1.82, 2.24) is 0 Å². The van der Waals surface area contributed by atoms with Gasteiger partial charge in [-0.15, -0.1) is 0 Å². The Morgan fingerprint density at radius 1 is 1.32 bits per heavy atom. The summed E-state index contributed by atoms with van der Waals surface area (Å²) in [5.74, 6) is -0.0237. The highest BCUT2D eigenvalue weighted by Crippen LogP contribution is 2.37. The zero-order chi connectivity index (χ0) is 18.4. The maximum absolute atomic E-state index is 11.2. The lowest BCUT2D eigenvalue weighted by Crippen LogP contribution is -2.12. The Hall–Kier alpha value is -2.97. The molecule has 0 aliphatic carbocycles. The minimum atomic E-state index is -0.808. The maximum atomic E-state index is 11.2. The van der Waals surface area contributed by atoms with E-state index in [1.807, 2.05) is 31.2 Å². The van der Waals surface area contributed by atoms with Gasteiger partial charge in [-0.05, 0) is 36.3 Å². The number of benzene rings is 2. The summed E-state index contributed by atoms with van der Waals surface area (Å²) in [6.07, 6.45) is 1.35. The number of nitrogens with two attached hydrogens (primary N) is 1. The van der Waals surface area contributed by atoms with Crippen molar-refractivity contribution in [3.05, 3.63) is 63.7 Å². The summed E-state index contributed by atoms with van der Waals surface area (Å²) in [5.41, 5.74) is 7.64. The molecule has 0 heterocycles. The maximum Gasteiger partial charge on any atom is 0.259 e. The number of methoxy groups -OCH3 is 1. The predicted octanol–water partition coefficient (Wildman–Crippen LogP) is 3.63. The minimum Gasteiger partial charge on any atom is -0.493 e. The zero-order valence-electron chi connectivity index (χ0n) is 13.9. The molecule has 2 N–H and O–H groups in total. The van der Waals surface area contributed by atoms with Crippen LogP contribution in [0.25, 0.3) is 6.08 Å². The van der Waals surface area contributed by atoms with Gasteiger partial charge in [-0.1, -0.05) is 41.4 Å². The molecule has 5 nitrogen and oxygen atoms in total. The van der Waals surface area contributed by atoms with E-state index in [0.29, 0.717) is 28.7 Å². The van der Waals surface area contributed by atoms with Gasteiger partial charge in [0.1, 0.15) is 18.2 Å². The van der Waals surface area contributed by atoms with Crippen molar-refractivity contribution in [1.29, 1.82) is 5.26 Å². The number of ether oxygens (including phenoxy) is 2. The van der Waals surface area contributed by atoms with Crippen LogP contribution in [0.5, 0.6) is 11.5 Å². The third-order valence-electron chi connectivity index (χ3n) is 3.45. The summed E-state index contributed by atoms with van der Waals surface area (Å²) < 4.78 is 11.1. The second-order valence-corrected chi connectivity index (χ2v) is 5.75. The van der Waals surface area contributed by atoms with Crippen LogP contribution >= 0.6 is 11.6 Å². The van der Waals surface area contributed by atoms with Crippen LogP contribution in [0.3, 0.4) is 0 Å². The SMILES string of the molecule is COc1cc(/C=C(/C#N)C(N)=O)cc(Cl)c1OCc1ccc(C)cc1. The van der Waals surface area contributed by atoms with Gasteiger partial charge < -0.3 is 15.2 Å². The van der Waals surface area contributed by atoms with Gasteiger partial charge >= 0.3 is 0 Å². The summed E-state index contributed by atoms with van der Waals surface area (Å²) in [5, 5.41) is 9.23. The fourth-order valence-electron chi connectivity index (χ4n) is 2.13. The second-order valence-electron chi connectivity index (χ2n) is 5.34. The van der Waals surface area contributed by atoms with Crippen molar-refractivity contribution in [2.24, 2.45) is 5.73 Å². The molecule has 2 aromatic carbocycles. The van der Waals surface area contributed by atoms with Gasteiger partial charge in [-0.2, -0.15) is 5.26 Å².